The molecule has 0 aliphatic rings. The van der Waals surface area contributed by atoms with E-state index in [-0.39, 0.29) is 5.91 Å². The topological polar surface area (TPSA) is 55.6 Å². The monoisotopic (exact) mass is 439 g/mol. The highest BCUT2D eigenvalue weighted by Gasteiger charge is 2.14. The van der Waals surface area contributed by atoms with Crippen LogP contribution in [-0.4, -0.2) is 23.8 Å². The lowest BCUT2D eigenvalue weighted by molar-refractivity contribution is 0.0952. The van der Waals surface area contributed by atoms with E-state index in [9.17, 15) is 4.79 Å². The molecule has 0 aliphatic carbocycles. The number of carbonyl (C=O) groups is 1. The lowest BCUT2D eigenvalue weighted by atomic mass is 10.0. The number of hydrogen-bond donors (Lipinski definition) is 1. The minimum atomic E-state index is -0.313. The van der Waals surface area contributed by atoms with Gasteiger partial charge in [0.1, 0.15) is 5.75 Å². The van der Waals surface area contributed by atoms with E-state index in [2.05, 4.69) is 73.1 Å². The summed E-state index contributed by atoms with van der Waals surface area (Å²) in [6.45, 7) is 8.51. The number of aryl methyl sites for hydroxylation is 1. The molecule has 0 spiro atoms. The molecule has 5 heteroatoms. The summed E-state index contributed by atoms with van der Waals surface area (Å²) in [5.74, 6) is 0.704. The van der Waals surface area contributed by atoms with Gasteiger partial charge in [-0.05, 0) is 66.4 Å². The van der Waals surface area contributed by atoms with Crippen molar-refractivity contribution < 1.29 is 9.53 Å². The first kappa shape index (κ1) is 22.3. The van der Waals surface area contributed by atoms with E-state index in [1.807, 2.05) is 36.4 Å². The Kier molecular flexibility index (Phi) is 6.31. The number of carbonyl (C=O) groups excluding carboxylic acids is 1. The van der Waals surface area contributed by atoms with Crippen LogP contribution in [0.2, 0.25) is 0 Å². The van der Waals surface area contributed by atoms with Gasteiger partial charge in [-0.25, -0.2) is 5.43 Å². The molecule has 0 atom stereocenters. The Morgan fingerprint density at radius 1 is 1.00 bits per heavy atom. The maximum absolute atomic E-state index is 12.8. The molecule has 168 valence electrons. The summed E-state index contributed by atoms with van der Waals surface area (Å²) in [6, 6.07) is 22.3. The van der Waals surface area contributed by atoms with Gasteiger partial charge in [0.15, 0.2) is 0 Å². The predicted octanol–water partition coefficient (Wildman–Crippen LogP) is 6.14. The number of nitrogens with one attached hydrogen (secondary N) is 1. The minimum Gasteiger partial charge on any atom is -0.496 e. The van der Waals surface area contributed by atoms with Crippen molar-refractivity contribution in [3.05, 3.63) is 94.8 Å². The average molecular weight is 440 g/mol. The summed E-state index contributed by atoms with van der Waals surface area (Å²) in [5, 5.41) is 6.21. The molecule has 1 amide bonds. The highest BCUT2D eigenvalue weighted by molar-refractivity contribution is 6.02. The molecule has 0 unspecified atom stereocenters. The smallest absolute Gasteiger partial charge is 0.275 e. The van der Waals surface area contributed by atoms with Gasteiger partial charge in [0.25, 0.3) is 5.91 Å². The molecule has 0 saturated carbocycles. The van der Waals surface area contributed by atoms with Gasteiger partial charge in [-0.1, -0.05) is 50.2 Å². The number of fused-ring (bicyclic) bond motifs is 1. The lowest BCUT2D eigenvalue weighted by Crippen LogP contribution is -2.18. The number of hydrazone groups is 1. The normalized spacial score (nSPS) is 11.5. The number of nitrogens with zero attached hydrogens (tertiary/aromatic N) is 2. The van der Waals surface area contributed by atoms with Gasteiger partial charge in [0.2, 0.25) is 0 Å². The number of ether oxygens (including phenoxy) is 1. The molecular formula is C28H29N3O2. The van der Waals surface area contributed by atoms with Crippen LogP contribution in [-0.2, 0) is 0 Å². The van der Waals surface area contributed by atoms with Crippen molar-refractivity contribution in [2.45, 2.75) is 33.6 Å². The number of aromatic nitrogens is 1. The van der Waals surface area contributed by atoms with Crippen LogP contribution in [0.1, 0.15) is 52.6 Å². The number of amides is 1. The Morgan fingerprint density at radius 2 is 1.67 bits per heavy atom. The number of rotatable bonds is 6. The van der Waals surface area contributed by atoms with Crippen LogP contribution < -0.4 is 10.2 Å². The first-order valence-electron chi connectivity index (χ1n) is 11.1. The van der Waals surface area contributed by atoms with E-state index in [4.69, 9.17) is 4.74 Å². The van der Waals surface area contributed by atoms with E-state index in [1.165, 1.54) is 5.56 Å². The summed E-state index contributed by atoms with van der Waals surface area (Å²) in [5.41, 5.74) is 8.63. The molecule has 5 nitrogen and oxygen atoms in total. The van der Waals surface area contributed by atoms with Gasteiger partial charge in [-0.3, -0.25) is 4.79 Å². The fraction of sp³-hybridized carbons (Fsp3) is 0.214. The van der Waals surface area contributed by atoms with E-state index in [0.29, 0.717) is 17.2 Å². The van der Waals surface area contributed by atoms with Crippen molar-refractivity contribution in [2.24, 2.45) is 5.10 Å². The maximum Gasteiger partial charge on any atom is 0.275 e. The van der Waals surface area contributed by atoms with Crippen LogP contribution in [0, 0.1) is 13.8 Å². The van der Waals surface area contributed by atoms with Gasteiger partial charge < -0.3 is 9.30 Å². The Morgan fingerprint density at radius 3 is 2.30 bits per heavy atom. The first-order valence-corrected chi connectivity index (χ1v) is 11.1. The lowest BCUT2D eigenvalue weighted by Gasteiger charge is -2.12. The van der Waals surface area contributed by atoms with Crippen molar-refractivity contribution in [3.8, 4) is 11.4 Å². The second kappa shape index (κ2) is 9.33. The molecule has 4 aromatic rings. The van der Waals surface area contributed by atoms with Gasteiger partial charge in [0, 0.05) is 22.6 Å². The quantitative estimate of drug-likeness (QED) is 0.290. The van der Waals surface area contributed by atoms with Crippen molar-refractivity contribution in [3.63, 3.8) is 0 Å². The third-order valence-electron chi connectivity index (χ3n) is 5.97. The summed E-state index contributed by atoms with van der Waals surface area (Å²) in [4.78, 5) is 12.8. The van der Waals surface area contributed by atoms with Crippen molar-refractivity contribution in [1.82, 2.24) is 9.99 Å². The number of methoxy groups -OCH3 is 1. The molecule has 1 heterocycles. The highest BCUT2D eigenvalue weighted by atomic mass is 16.5. The van der Waals surface area contributed by atoms with Crippen LogP contribution in [0.4, 0.5) is 0 Å². The summed E-state index contributed by atoms with van der Waals surface area (Å²) >= 11 is 0. The highest BCUT2D eigenvalue weighted by Crippen LogP contribution is 2.26. The summed E-state index contributed by atoms with van der Waals surface area (Å²) in [6.07, 6.45) is 1.69. The van der Waals surface area contributed by atoms with E-state index in [0.717, 1.165) is 33.4 Å². The van der Waals surface area contributed by atoms with E-state index in [1.54, 1.807) is 13.3 Å². The maximum atomic E-state index is 12.8. The van der Waals surface area contributed by atoms with E-state index < -0.39 is 0 Å². The Bertz CT molecular complexity index is 1330. The summed E-state index contributed by atoms with van der Waals surface area (Å²) < 4.78 is 7.63. The Hall–Kier alpha value is -3.86. The molecule has 0 aliphatic heterocycles. The van der Waals surface area contributed by atoms with Gasteiger partial charge in [0.05, 0.1) is 18.9 Å². The predicted molar refractivity (Wildman–Crippen MR) is 135 cm³/mol. The second-order valence-electron chi connectivity index (χ2n) is 8.51. The molecule has 33 heavy (non-hydrogen) atoms. The molecule has 0 bridgehead atoms. The molecule has 1 N–H and O–H groups in total. The standard InChI is InChI=1S/C28H29N3O2/c1-18(2)21-10-12-25(13-11-21)31-19(3)14-24(20(31)4)17-29-30-28(32)26-15-22-8-6-7-9-23(22)16-27(26)33-5/h6-18H,1-5H3,(H,30,32). The first-order chi connectivity index (χ1) is 15.9. The molecular weight excluding hydrogens is 410 g/mol. The molecule has 0 radical (unpaired) electrons. The zero-order valence-electron chi connectivity index (χ0n) is 19.7. The molecule has 4 rings (SSSR count). The SMILES string of the molecule is COc1cc2ccccc2cc1C(=O)NN=Cc1cc(C)n(-c2ccc(C(C)C)cc2)c1C. The molecule has 3 aromatic carbocycles. The summed E-state index contributed by atoms with van der Waals surface area (Å²) in [7, 11) is 1.56. The van der Waals surface area contributed by atoms with Gasteiger partial charge in [-0.15, -0.1) is 0 Å². The number of benzene rings is 3. The van der Waals surface area contributed by atoms with Crippen LogP contribution in [0.3, 0.4) is 0 Å². The van der Waals surface area contributed by atoms with Crippen LogP contribution in [0.15, 0.2) is 71.8 Å². The van der Waals surface area contributed by atoms with Gasteiger partial charge >= 0.3 is 0 Å². The zero-order valence-corrected chi connectivity index (χ0v) is 19.7. The third-order valence-corrected chi connectivity index (χ3v) is 5.97. The zero-order chi connectivity index (χ0) is 23.5. The fourth-order valence-electron chi connectivity index (χ4n) is 4.11. The largest absolute Gasteiger partial charge is 0.496 e. The Balaban J connectivity index is 1.55. The van der Waals surface area contributed by atoms with E-state index >= 15 is 0 Å². The minimum absolute atomic E-state index is 0.313. The number of hydrogen-bond acceptors (Lipinski definition) is 3. The molecule has 0 fully saturated rings. The van der Waals surface area contributed by atoms with Crippen molar-refractivity contribution in [1.29, 1.82) is 0 Å². The van der Waals surface area contributed by atoms with Crippen LogP contribution >= 0.6 is 0 Å². The second-order valence-corrected chi connectivity index (χ2v) is 8.51. The van der Waals surface area contributed by atoms with Crippen LogP contribution in [0.25, 0.3) is 16.5 Å². The molecule has 1 aromatic heterocycles. The average Bonchev–Trinajstić information content (AvgIpc) is 3.10. The van der Waals surface area contributed by atoms with Crippen molar-refractivity contribution >= 4 is 22.9 Å². The third kappa shape index (κ3) is 4.53. The Labute approximate surface area is 194 Å². The molecule has 0 saturated heterocycles. The van der Waals surface area contributed by atoms with Gasteiger partial charge in [-0.2, -0.15) is 5.10 Å². The van der Waals surface area contributed by atoms with Crippen LogP contribution in [0.5, 0.6) is 5.75 Å². The van der Waals surface area contributed by atoms with Crippen molar-refractivity contribution in [2.75, 3.05) is 7.11 Å². The fourth-order valence-corrected chi connectivity index (χ4v) is 4.11.